The number of aromatic nitrogens is 2. The molecule has 1 aliphatic carbocycles. The molecule has 0 N–H and O–H groups in total. The number of fused-ring (bicyclic) bond motifs is 1. The van der Waals surface area contributed by atoms with Crippen LogP contribution in [0.1, 0.15) is 53.2 Å². The second-order valence-corrected chi connectivity index (χ2v) is 6.60. The number of ether oxygens (including phenoxy) is 2. The predicted octanol–water partition coefficient (Wildman–Crippen LogP) is 2.57. The summed E-state index contributed by atoms with van der Waals surface area (Å²) < 4.78 is 12.1. The third-order valence-electron chi connectivity index (χ3n) is 5.16. The van der Waals surface area contributed by atoms with Crippen molar-refractivity contribution in [1.29, 1.82) is 5.26 Å². The van der Waals surface area contributed by atoms with Gasteiger partial charge in [-0.3, -0.25) is 0 Å². The fraction of sp³-hybridized carbons (Fsp3) is 0.500. The molecule has 24 heavy (non-hydrogen) atoms. The number of rotatable bonds is 3. The van der Waals surface area contributed by atoms with Crippen LogP contribution in [0.25, 0.3) is 5.52 Å². The predicted molar refractivity (Wildman–Crippen MR) is 85.9 cm³/mol. The molecular weight excluding hydrogens is 306 g/mol. The standard InChI is InChI=1S/C18H19N3O3/c1-23-17(22)15-9-14-8-13(12-2-6-24-7-3-12)10-20-21(14)16(15)18(11-19)4-5-18/h8-10,12H,2-7H2,1H3. The van der Waals surface area contributed by atoms with Gasteiger partial charge >= 0.3 is 5.97 Å². The van der Waals surface area contributed by atoms with E-state index in [2.05, 4.69) is 17.2 Å². The second-order valence-electron chi connectivity index (χ2n) is 6.60. The van der Waals surface area contributed by atoms with Crippen molar-refractivity contribution in [3.63, 3.8) is 0 Å². The lowest BCUT2D eigenvalue weighted by molar-refractivity contribution is 0.0599. The lowest BCUT2D eigenvalue weighted by Crippen LogP contribution is -2.16. The van der Waals surface area contributed by atoms with E-state index in [9.17, 15) is 10.1 Å². The monoisotopic (exact) mass is 325 g/mol. The Labute approximate surface area is 140 Å². The number of methoxy groups -OCH3 is 1. The van der Waals surface area contributed by atoms with Gasteiger partial charge in [0.1, 0.15) is 5.41 Å². The molecule has 6 heteroatoms. The van der Waals surface area contributed by atoms with Crippen LogP contribution in [0.5, 0.6) is 0 Å². The number of carbonyl (C=O) groups is 1. The normalized spacial score (nSPS) is 19.8. The fourth-order valence-corrected chi connectivity index (χ4v) is 3.59. The molecule has 6 nitrogen and oxygen atoms in total. The van der Waals surface area contributed by atoms with Crippen LogP contribution in [0.4, 0.5) is 0 Å². The highest BCUT2D eigenvalue weighted by Gasteiger charge is 2.50. The average Bonchev–Trinajstić information content (AvgIpc) is 3.34. The zero-order valence-corrected chi connectivity index (χ0v) is 13.6. The molecule has 0 bridgehead atoms. The maximum atomic E-state index is 12.2. The van der Waals surface area contributed by atoms with Crippen molar-refractivity contribution in [1.82, 2.24) is 9.61 Å². The third kappa shape index (κ3) is 2.28. The Bertz CT molecular complexity index is 839. The Kier molecular flexibility index (Phi) is 3.54. The molecule has 3 heterocycles. The van der Waals surface area contributed by atoms with Crippen LogP contribution in [0.15, 0.2) is 18.3 Å². The minimum atomic E-state index is -0.608. The van der Waals surface area contributed by atoms with Crippen LogP contribution in [-0.4, -0.2) is 35.9 Å². The molecule has 0 atom stereocenters. The molecule has 0 amide bonds. The van der Waals surface area contributed by atoms with Crippen LogP contribution in [0.2, 0.25) is 0 Å². The van der Waals surface area contributed by atoms with Crippen LogP contribution in [-0.2, 0) is 14.9 Å². The van der Waals surface area contributed by atoms with Crippen LogP contribution >= 0.6 is 0 Å². The van der Waals surface area contributed by atoms with Crippen molar-refractivity contribution in [3.05, 3.63) is 35.2 Å². The molecule has 2 aromatic heterocycles. The van der Waals surface area contributed by atoms with Gasteiger partial charge in [0.25, 0.3) is 0 Å². The van der Waals surface area contributed by atoms with Gasteiger partial charge < -0.3 is 9.47 Å². The van der Waals surface area contributed by atoms with E-state index in [-0.39, 0.29) is 0 Å². The number of nitriles is 1. The van der Waals surface area contributed by atoms with Crippen LogP contribution < -0.4 is 0 Å². The summed E-state index contributed by atoms with van der Waals surface area (Å²) >= 11 is 0. The first-order chi connectivity index (χ1) is 11.7. The summed E-state index contributed by atoms with van der Waals surface area (Å²) in [6.07, 6.45) is 5.34. The zero-order chi connectivity index (χ0) is 16.7. The number of hydrogen-bond donors (Lipinski definition) is 0. The van der Waals surface area contributed by atoms with E-state index < -0.39 is 11.4 Å². The van der Waals surface area contributed by atoms with Gasteiger partial charge in [0.15, 0.2) is 0 Å². The molecular formula is C18H19N3O3. The van der Waals surface area contributed by atoms with Crippen molar-refractivity contribution < 1.29 is 14.3 Å². The SMILES string of the molecule is COC(=O)c1cc2cc(C3CCOCC3)cnn2c1C1(C#N)CC1. The maximum absolute atomic E-state index is 12.2. The summed E-state index contributed by atoms with van der Waals surface area (Å²) in [5, 5.41) is 14.1. The molecule has 0 aromatic carbocycles. The van der Waals surface area contributed by atoms with E-state index in [1.807, 2.05) is 6.20 Å². The smallest absolute Gasteiger partial charge is 0.339 e. The Hall–Kier alpha value is -2.39. The third-order valence-corrected chi connectivity index (χ3v) is 5.16. The molecule has 2 fully saturated rings. The summed E-state index contributed by atoms with van der Waals surface area (Å²) in [5.41, 5.74) is 2.52. The first kappa shape index (κ1) is 15.2. The van der Waals surface area contributed by atoms with Crippen LogP contribution in [0, 0.1) is 11.3 Å². The van der Waals surface area contributed by atoms with E-state index in [1.165, 1.54) is 7.11 Å². The first-order valence-corrected chi connectivity index (χ1v) is 8.28. The Morgan fingerprint density at radius 3 is 2.79 bits per heavy atom. The van der Waals surface area contributed by atoms with Gasteiger partial charge in [-0.2, -0.15) is 10.4 Å². The van der Waals surface area contributed by atoms with Crippen molar-refractivity contribution in [2.75, 3.05) is 20.3 Å². The molecule has 4 rings (SSSR count). The summed E-state index contributed by atoms with van der Waals surface area (Å²) in [6.45, 7) is 1.54. The largest absolute Gasteiger partial charge is 0.465 e. The van der Waals surface area contributed by atoms with Gasteiger partial charge in [0.05, 0.1) is 36.1 Å². The van der Waals surface area contributed by atoms with Crippen LogP contribution in [0.3, 0.4) is 0 Å². The molecule has 124 valence electrons. The molecule has 0 spiro atoms. The van der Waals surface area contributed by atoms with Gasteiger partial charge in [0.2, 0.25) is 0 Å². The summed E-state index contributed by atoms with van der Waals surface area (Å²) in [6, 6.07) is 6.23. The number of carbonyl (C=O) groups excluding carboxylic acids is 1. The van der Waals surface area contributed by atoms with Gasteiger partial charge in [-0.05, 0) is 49.3 Å². The highest BCUT2D eigenvalue weighted by Crippen LogP contribution is 2.49. The van der Waals surface area contributed by atoms with Gasteiger partial charge in [0, 0.05) is 13.2 Å². The lowest BCUT2D eigenvalue weighted by Gasteiger charge is -2.22. The first-order valence-electron chi connectivity index (χ1n) is 8.28. The lowest BCUT2D eigenvalue weighted by atomic mass is 9.93. The fourth-order valence-electron chi connectivity index (χ4n) is 3.59. The second kappa shape index (κ2) is 5.60. The Morgan fingerprint density at radius 2 is 2.17 bits per heavy atom. The van der Waals surface area contributed by atoms with Crippen molar-refractivity contribution in [2.45, 2.75) is 37.0 Å². The molecule has 1 saturated heterocycles. The van der Waals surface area contributed by atoms with E-state index in [4.69, 9.17) is 9.47 Å². The van der Waals surface area contributed by atoms with E-state index >= 15 is 0 Å². The van der Waals surface area contributed by atoms with Gasteiger partial charge in [-0.15, -0.1) is 0 Å². The van der Waals surface area contributed by atoms with Gasteiger partial charge in [-0.1, -0.05) is 0 Å². The molecule has 2 aromatic rings. The average molecular weight is 325 g/mol. The maximum Gasteiger partial charge on any atom is 0.339 e. The highest BCUT2D eigenvalue weighted by molar-refractivity contribution is 5.93. The quantitative estimate of drug-likeness (QED) is 0.811. The molecule has 1 saturated carbocycles. The highest BCUT2D eigenvalue weighted by atomic mass is 16.5. The van der Waals surface area contributed by atoms with E-state index in [0.29, 0.717) is 17.2 Å². The Balaban J connectivity index is 1.84. The number of esters is 1. The van der Waals surface area contributed by atoms with Crippen molar-refractivity contribution in [2.24, 2.45) is 0 Å². The van der Waals surface area contributed by atoms with Gasteiger partial charge in [-0.25, -0.2) is 9.31 Å². The van der Waals surface area contributed by atoms with E-state index in [1.54, 1.807) is 10.6 Å². The minimum absolute atomic E-state index is 0.412. The Morgan fingerprint density at radius 1 is 1.42 bits per heavy atom. The van der Waals surface area contributed by atoms with Crippen molar-refractivity contribution in [3.8, 4) is 6.07 Å². The minimum Gasteiger partial charge on any atom is -0.465 e. The summed E-state index contributed by atoms with van der Waals surface area (Å²) in [7, 11) is 1.36. The topological polar surface area (TPSA) is 76.6 Å². The summed E-state index contributed by atoms with van der Waals surface area (Å²) in [5.74, 6) is 0.0201. The molecule has 0 radical (unpaired) electrons. The van der Waals surface area contributed by atoms with Crippen molar-refractivity contribution >= 4 is 11.5 Å². The molecule has 1 aliphatic heterocycles. The zero-order valence-electron chi connectivity index (χ0n) is 13.6. The number of nitrogens with zero attached hydrogens (tertiary/aromatic N) is 3. The summed E-state index contributed by atoms with van der Waals surface area (Å²) in [4.78, 5) is 12.2. The van der Waals surface area contributed by atoms with E-state index in [0.717, 1.165) is 50.0 Å². The number of hydrogen-bond acceptors (Lipinski definition) is 5. The molecule has 0 unspecified atom stereocenters. The molecule has 2 aliphatic rings.